The monoisotopic (exact) mass is 250 g/mol. The van der Waals surface area contributed by atoms with Crippen molar-refractivity contribution >= 4 is 11.9 Å². The molecule has 1 heterocycles. The van der Waals surface area contributed by atoms with Crippen molar-refractivity contribution in [3.05, 3.63) is 11.4 Å². The van der Waals surface area contributed by atoms with E-state index in [-0.39, 0.29) is 12.0 Å². The molecule has 0 bridgehead atoms. The van der Waals surface area contributed by atoms with E-state index in [4.69, 9.17) is 5.11 Å². The molecule has 0 aromatic carbocycles. The number of aryl methyl sites for hydroxylation is 2. The van der Waals surface area contributed by atoms with Gasteiger partial charge in [0.25, 0.3) is 0 Å². The summed E-state index contributed by atoms with van der Waals surface area (Å²) in [4.78, 5) is 15.2. The van der Waals surface area contributed by atoms with Crippen molar-refractivity contribution in [2.75, 3.05) is 5.32 Å². The molecule has 2 N–H and O–H groups in total. The Morgan fingerprint density at radius 2 is 1.83 bits per heavy atom. The Morgan fingerprint density at radius 3 is 2.39 bits per heavy atom. The van der Waals surface area contributed by atoms with Crippen molar-refractivity contribution < 1.29 is 9.90 Å². The van der Waals surface area contributed by atoms with Crippen molar-refractivity contribution in [2.45, 2.75) is 45.6 Å². The largest absolute Gasteiger partial charge is 0.481 e. The molecule has 1 aliphatic carbocycles. The summed E-state index contributed by atoms with van der Waals surface area (Å²) in [5, 5.41) is 20.2. The first-order chi connectivity index (χ1) is 8.56. The highest BCUT2D eigenvalue weighted by Gasteiger charge is 2.26. The number of carbonyl (C=O) groups is 1. The zero-order valence-corrected chi connectivity index (χ0v) is 10.7. The SMILES string of the molecule is Cc1nnc(NC2CCC(C(=O)O)CC2)nc1C. The van der Waals surface area contributed by atoms with Crippen LogP contribution in [-0.4, -0.2) is 32.3 Å². The first-order valence-electron chi connectivity index (χ1n) is 6.23. The van der Waals surface area contributed by atoms with Gasteiger partial charge < -0.3 is 10.4 Å². The number of nitrogens with one attached hydrogen (secondary N) is 1. The number of carboxylic acid groups (broad SMARTS) is 1. The predicted octanol–water partition coefficient (Wildman–Crippen LogP) is 1.54. The van der Waals surface area contributed by atoms with Gasteiger partial charge in [-0.3, -0.25) is 4.79 Å². The summed E-state index contributed by atoms with van der Waals surface area (Å²) in [7, 11) is 0. The zero-order valence-electron chi connectivity index (χ0n) is 10.7. The van der Waals surface area contributed by atoms with Crippen LogP contribution in [0.1, 0.15) is 37.1 Å². The highest BCUT2D eigenvalue weighted by Crippen LogP contribution is 2.25. The maximum atomic E-state index is 10.8. The average molecular weight is 250 g/mol. The van der Waals surface area contributed by atoms with E-state index in [2.05, 4.69) is 20.5 Å². The van der Waals surface area contributed by atoms with Gasteiger partial charge in [0.2, 0.25) is 5.95 Å². The minimum atomic E-state index is -0.683. The van der Waals surface area contributed by atoms with E-state index in [0.29, 0.717) is 18.8 Å². The normalized spacial score (nSPS) is 23.7. The zero-order chi connectivity index (χ0) is 13.1. The van der Waals surface area contributed by atoms with Crippen LogP contribution in [0.4, 0.5) is 5.95 Å². The lowest BCUT2D eigenvalue weighted by molar-refractivity contribution is -0.142. The quantitative estimate of drug-likeness (QED) is 0.846. The van der Waals surface area contributed by atoms with Crippen molar-refractivity contribution in [1.82, 2.24) is 15.2 Å². The van der Waals surface area contributed by atoms with E-state index in [1.807, 2.05) is 13.8 Å². The van der Waals surface area contributed by atoms with Gasteiger partial charge in [0, 0.05) is 6.04 Å². The first kappa shape index (κ1) is 12.7. The van der Waals surface area contributed by atoms with E-state index in [9.17, 15) is 4.79 Å². The van der Waals surface area contributed by atoms with Gasteiger partial charge in [-0.1, -0.05) is 0 Å². The Bertz CT molecular complexity index is 442. The number of anilines is 1. The fraction of sp³-hybridized carbons (Fsp3) is 0.667. The van der Waals surface area contributed by atoms with Crippen LogP contribution < -0.4 is 5.32 Å². The molecule has 1 fully saturated rings. The van der Waals surface area contributed by atoms with Gasteiger partial charge in [0.15, 0.2) is 0 Å². The minimum Gasteiger partial charge on any atom is -0.481 e. The van der Waals surface area contributed by atoms with Gasteiger partial charge in [0.05, 0.1) is 17.3 Å². The minimum absolute atomic E-state index is 0.193. The number of hydrogen-bond donors (Lipinski definition) is 2. The van der Waals surface area contributed by atoms with E-state index in [1.165, 1.54) is 0 Å². The van der Waals surface area contributed by atoms with Gasteiger partial charge >= 0.3 is 5.97 Å². The Kier molecular flexibility index (Phi) is 3.74. The lowest BCUT2D eigenvalue weighted by Crippen LogP contribution is -2.30. The molecule has 6 nitrogen and oxygen atoms in total. The molecular formula is C12H18N4O2. The maximum absolute atomic E-state index is 10.8. The smallest absolute Gasteiger partial charge is 0.306 e. The Balaban J connectivity index is 1.91. The fourth-order valence-electron chi connectivity index (χ4n) is 2.19. The number of rotatable bonds is 3. The summed E-state index contributed by atoms with van der Waals surface area (Å²) in [6.07, 6.45) is 3.11. The van der Waals surface area contributed by atoms with Gasteiger partial charge in [-0.15, -0.1) is 5.10 Å². The number of carboxylic acids is 1. The van der Waals surface area contributed by atoms with Crippen molar-refractivity contribution in [3.63, 3.8) is 0 Å². The van der Waals surface area contributed by atoms with Crippen LogP contribution in [0.3, 0.4) is 0 Å². The molecule has 1 aliphatic rings. The molecule has 0 saturated heterocycles. The van der Waals surface area contributed by atoms with Crippen molar-refractivity contribution in [1.29, 1.82) is 0 Å². The van der Waals surface area contributed by atoms with Crippen LogP contribution in [0.5, 0.6) is 0 Å². The Hall–Kier alpha value is -1.72. The number of aliphatic carboxylic acids is 1. The molecular weight excluding hydrogens is 232 g/mol. The Labute approximate surface area is 106 Å². The van der Waals surface area contributed by atoms with Gasteiger partial charge in [0.1, 0.15) is 0 Å². The molecule has 1 saturated carbocycles. The standard InChI is InChI=1S/C12H18N4O2/c1-7-8(2)15-16-12(13-7)14-10-5-3-9(4-6-10)11(17)18/h9-10H,3-6H2,1-2H3,(H,17,18)(H,13,14,16). The molecule has 0 amide bonds. The van der Waals surface area contributed by atoms with Crippen molar-refractivity contribution in [2.24, 2.45) is 5.92 Å². The summed E-state index contributed by atoms with van der Waals surface area (Å²) >= 11 is 0. The second-order valence-corrected chi connectivity index (χ2v) is 4.84. The van der Waals surface area contributed by atoms with E-state index >= 15 is 0 Å². The molecule has 2 rings (SSSR count). The third-order valence-electron chi connectivity index (χ3n) is 3.50. The lowest BCUT2D eigenvalue weighted by Gasteiger charge is -2.26. The summed E-state index contributed by atoms with van der Waals surface area (Å²) < 4.78 is 0. The van der Waals surface area contributed by atoms with E-state index < -0.39 is 5.97 Å². The third kappa shape index (κ3) is 2.94. The van der Waals surface area contributed by atoms with E-state index in [0.717, 1.165) is 24.2 Å². The highest BCUT2D eigenvalue weighted by atomic mass is 16.4. The average Bonchev–Trinajstić information content (AvgIpc) is 2.34. The molecule has 18 heavy (non-hydrogen) atoms. The molecule has 6 heteroatoms. The van der Waals surface area contributed by atoms with E-state index in [1.54, 1.807) is 0 Å². The maximum Gasteiger partial charge on any atom is 0.306 e. The number of hydrogen-bond acceptors (Lipinski definition) is 5. The Morgan fingerprint density at radius 1 is 1.17 bits per heavy atom. The molecule has 0 spiro atoms. The van der Waals surface area contributed by atoms with Crippen LogP contribution in [0, 0.1) is 19.8 Å². The van der Waals surface area contributed by atoms with Crippen LogP contribution in [0.2, 0.25) is 0 Å². The van der Waals surface area contributed by atoms with Crippen molar-refractivity contribution in [3.8, 4) is 0 Å². The number of nitrogens with zero attached hydrogens (tertiary/aromatic N) is 3. The van der Waals surface area contributed by atoms with Gasteiger partial charge in [-0.2, -0.15) is 5.10 Å². The molecule has 1 aromatic rings. The molecule has 98 valence electrons. The number of aromatic nitrogens is 3. The topological polar surface area (TPSA) is 88.0 Å². The van der Waals surface area contributed by atoms with Crippen LogP contribution in [0.25, 0.3) is 0 Å². The fourth-order valence-corrected chi connectivity index (χ4v) is 2.19. The first-order valence-corrected chi connectivity index (χ1v) is 6.23. The predicted molar refractivity (Wildman–Crippen MR) is 66.3 cm³/mol. The highest BCUT2D eigenvalue weighted by molar-refractivity contribution is 5.70. The van der Waals surface area contributed by atoms with Gasteiger partial charge in [-0.25, -0.2) is 4.98 Å². The summed E-state index contributed by atoms with van der Waals surface area (Å²) in [5.74, 6) is -0.337. The summed E-state index contributed by atoms with van der Waals surface area (Å²) in [6, 6.07) is 0.254. The van der Waals surface area contributed by atoms with Crippen LogP contribution in [0.15, 0.2) is 0 Å². The molecule has 1 aromatic heterocycles. The van der Waals surface area contributed by atoms with Crippen LogP contribution >= 0.6 is 0 Å². The lowest BCUT2D eigenvalue weighted by atomic mass is 9.86. The second-order valence-electron chi connectivity index (χ2n) is 4.84. The van der Waals surface area contributed by atoms with Gasteiger partial charge in [-0.05, 0) is 39.5 Å². The summed E-state index contributed by atoms with van der Waals surface area (Å²) in [5.41, 5.74) is 1.70. The molecule has 0 aliphatic heterocycles. The van der Waals surface area contributed by atoms with Crippen LogP contribution in [-0.2, 0) is 4.79 Å². The second kappa shape index (κ2) is 5.29. The summed E-state index contributed by atoms with van der Waals surface area (Å²) in [6.45, 7) is 3.77. The third-order valence-corrected chi connectivity index (χ3v) is 3.50. The molecule has 0 atom stereocenters. The molecule has 0 unspecified atom stereocenters. The molecule has 0 radical (unpaired) electrons.